The summed E-state index contributed by atoms with van der Waals surface area (Å²) in [7, 11) is 0. The van der Waals surface area contributed by atoms with Gasteiger partial charge in [0, 0.05) is 26.0 Å². The molecule has 0 rings (SSSR count). The molecule has 0 aromatic carbocycles. The monoisotopic (exact) mass is 555 g/mol. The van der Waals surface area contributed by atoms with Gasteiger partial charge in [0.1, 0.15) is 6.10 Å². The van der Waals surface area contributed by atoms with E-state index in [4.69, 9.17) is 14.2 Å². The van der Waals surface area contributed by atoms with Gasteiger partial charge >= 0.3 is 11.9 Å². The van der Waals surface area contributed by atoms with Crippen molar-refractivity contribution in [3.63, 3.8) is 0 Å². The molecule has 0 aliphatic rings. The zero-order valence-corrected chi connectivity index (χ0v) is 26.5. The third-order valence-corrected chi connectivity index (χ3v) is 7.13. The molecule has 1 atom stereocenters. The van der Waals surface area contributed by atoms with Crippen LogP contribution >= 0.6 is 0 Å². The average Bonchev–Trinajstić information content (AvgIpc) is 2.93. The van der Waals surface area contributed by atoms with Crippen molar-refractivity contribution < 1.29 is 23.8 Å². The molecule has 0 aliphatic heterocycles. The molecule has 0 aromatic heterocycles. The molecule has 0 saturated carbocycles. The fourth-order valence-electron chi connectivity index (χ4n) is 4.59. The number of ether oxygens (including phenoxy) is 3. The minimum Gasteiger partial charge on any atom is -0.466 e. The van der Waals surface area contributed by atoms with Crippen LogP contribution in [0.15, 0.2) is 0 Å². The molecule has 6 heteroatoms. The number of nitrogens with zero attached hydrogens (tertiary/aromatic N) is 1. The van der Waals surface area contributed by atoms with Crippen molar-refractivity contribution in [2.24, 2.45) is 0 Å². The van der Waals surface area contributed by atoms with Gasteiger partial charge in [-0.25, -0.2) is 0 Å². The molecule has 6 nitrogen and oxygen atoms in total. The van der Waals surface area contributed by atoms with Crippen LogP contribution in [0.4, 0.5) is 0 Å². The summed E-state index contributed by atoms with van der Waals surface area (Å²) in [6.45, 7) is 13.4. The lowest BCUT2D eigenvalue weighted by Crippen LogP contribution is -2.39. The summed E-state index contributed by atoms with van der Waals surface area (Å²) in [5.41, 5.74) is 0. The molecule has 1 unspecified atom stereocenters. The third-order valence-electron chi connectivity index (χ3n) is 7.13. The Morgan fingerprint density at radius 2 is 1.05 bits per heavy atom. The van der Waals surface area contributed by atoms with Crippen molar-refractivity contribution in [1.82, 2.24) is 4.90 Å². The third kappa shape index (κ3) is 26.8. The van der Waals surface area contributed by atoms with Gasteiger partial charge in [0.15, 0.2) is 0 Å². The quantitative estimate of drug-likeness (QED) is 0.0653. The molecule has 0 heterocycles. The summed E-state index contributed by atoms with van der Waals surface area (Å²) >= 11 is 0. The zero-order valence-electron chi connectivity index (χ0n) is 26.5. The largest absolute Gasteiger partial charge is 0.466 e. The standard InChI is InChI=1S/C33H65NO5/c1-5-9-13-15-19-23-32(35)38-28-22-18-17-21-27-37-30-31(29-34(25-11-7-3)26-12-8-4)39-33(36)24-20-16-14-10-6-2/h31H,5-30H2,1-4H3. The van der Waals surface area contributed by atoms with Gasteiger partial charge in [0.2, 0.25) is 0 Å². The van der Waals surface area contributed by atoms with Gasteiger partial charge in [-0.3, -0.25) is 14.5 Å². The zero-order chi connectivity index (χ0) is 28.8. The minimum atomic E-state index is -0.205. The highest BCUT2D eigenvalue weighted by Gasteiger charge is 2.19. The van der Waals surface area contributed by atoms with E-state index in [1.54, 1.807) is 0 Å². The molecule has 39 heavy (non-hydrogen) atoms. The Morgan fingerprint density at radius 3 is 1.62 bits per heavy atom. The maximum Gasteiger partial charge on any atom is 0.306 e. The summed E-state index contributed by atoms with van der Waals surface area (Å²) in [5, 5.41) is 0. The summed E-state index contributed by atoms with van der Waals surface area (Å²) in [6.07, 6.45) is 20.9. The van der Waals surface area contributed by atoms with Gasteiger partial charge in [-0.1, -0.05) is 98.3 Å². The van der Waals surface area contributed by atoms with E-state index >= 15 is 0 Å². The second-order valence-electron chi connectivity index (χ2n) is 11.2. The molecule has 232 valence electrons. The molecular formula is C33H65NO5. The van der Waals surface area contributed by atoms with Gasteiger partial charge in [-0.2, -0.15) is 0 Å². The van der Waals surface area contributed by atoms with Gasteiger partial charge in [0.25, 0.3) is 0 Å². The van der Waals surface area contributed by atoms with Crippen LogP contribution in [-0.4, -0.2) is 62.4 Å². The van der Waals surface area contributed by atoms with Crippen molar-refractivity contribution in [3.8, 4) is 0 Å². The van der Waals surface area contributed by atoms with E-state index < -0.39 is 0 Å². The highest BCUT2D eigenvalue weighted by Crippen LogP contribution is 2.10. The van der Waals surface area contributed by atoms with Crippen LogP contribution in [0.2, 0.25) is 0 Å². The van der Waals surface area contributed by atoms with E-state index in [2.05, 4.69) is 32.6 Å². The van der Waals surface area contributed by atoms with Crippen molar-refractivity contribution in [1.29, 1.82) is 0 Å². The van der Waals surface area contributed by atoms with Crippen LogP contribution in [0.25, 0.3) is 0 Å². The van der Waals surface area contributed by atoms with Crippen molar-refractivity contribution in [2.75, 3.05) is 39.5 Å². The lowest BCUT2D eigenvalue weighted by atomic mass is 10.1. The minimum absolute atomic E-state index is 0.0525. The van der Waals surface area contributed by atoms with E-state index in [-0.39, 0.29) is 18.0 Å². The van der Waals surface area contributed by atoms with Gasteiger partial charge in [0.05, 0.1) is 13.2 Å². The van der Waals surface area contributed by atoms with Crippen molar-refractivity contribution in [2.45, 2.75) is 162 Å². The highest BCUT2D eigenvalue weighted by molar-refractivity contribution is 5.69. The number of unbranched alkanes of at least 4 members (excludes halogenated alkanes) is 13. The van der Waals surface area contributed by atoms with Crippen LogP contribution in [0.3, 0.4) is 0 Å². The maximum absolute atomic E-state index is 12.5. The summed E-state index contributed by atoms with van der Waals surface area (Å²) < 4.78 is 17.3. The van der Waals surface area contributed by atoms with Crippen LogP contribution in [-0.2, 0) is 23.8 Å². The first kappa shape index (κ1) is 37.9. The number of carbonyl (C=O) groups is 2. The van der Waals surface area contributed by atoms with E-state index in [1.807, 2.05) is 0 Å². The Hall–Kier alpha value is -1.14. The second-order valence-corrected chi connectivity index (χ2v) is 11.2. The number of hydrogen-bond donors (Lipinski definition) is 0. The van der Waals surface area contributed by atoms with E-state index in [0.717, 1.165) is 83.8 Å². The predicted octanol–water partition coefficient (Wildman–Crippen LogP) is 8.64. The van der Waals surface area contributed by atoms with E-state index in [9.17, 15) is 9.59 Å². The molecule has 0 N–H and O–H groups in total. The normalized spacial score (nSPS) is 12.1. The first-order chi connectivity index (χ1) is 19.1. The van der Waals surface area contributed by atoms with Gasteiger partial charge in [-0.05, 0) is 58.0 Å². The Morgan fingerprint density at radius 1 is 0.564 bits per heavy atom. The molecule has 0 saturated heterocycles. The topological polar surface area (TPSA) is 65.1 Å². The summed E-state index contributed by atoms with van der Waals surface area (Å²) in [6, 6.07) is 0. The number of hydrogen-bond acceptors (Lipinski definition) is 6. The molecule has 0 bridgehead atoms. The van der Waals surface area contributed by atoms with Crippen molar-refractivity contribution >= 4 is 11.9 Å². The fourth-order valence-corrected chi connectivity index (χ4v) is 4.59. The molecule has 0 amide bonds. The highest BCUT2D eigenvalue weighted by atomic mass is 16.6. The van der Waals surface area contributed by atoms with E-state index in [1.165, 1.54) is 51.4 Å². The fraction of sp³-hybridized carbons (Fsp3) is 0.939. The summed E-state index contributed by atoms with van der Waals surface area (Å²) in [4.78, 5) is 26.8. The lowest BCUT2D eigenvalue weighted by Gasteiger charge is -2.27. The van der Waals surface area contributed by atoms with E-state index in [0.29, 0.717) is 32.7 Å². The molecule has 0 spiro atoms. The Balaban J connectivity index is 4.25. The summed E-state index contributed by atoms with van der Waals surface area (Å²) in [5.74, 6) is -0.134. The van der Waals surface area contributed by atoms with Crippen LogP contribution in [0.5, 0.6) is 0 Å². The Kier molecular flexibility index (Phi) is 29.0. The van der Waals surface area contributed by atoms with Gasteiger partial charge < -0.3 is 14.2 Å². The van der Waals surface area contributed by atoms with Gasteiger partial charge in [-0.15, -0.1) is 0 Å². The number of esters is 2. The molecule has 0 aliphatic carbocycles. The Bertz CT molecular complexity index is 534. The first-order valence-electron chi connectivity index (χ1n) is 16.7. The maximum atomic E-state index is 12.5. The first-order valence-corrected chi connectivity index (χ1v) is 16.7. The Labute approximate surface area is 242 Å². The lowest BCUT2D eigenvalue weighted by molar-refractivity contribution is -0.153. The van der Waals surface area contributed by atoms with Crippen molar-refractivity contribution in [3.05, 3.63) is 0 Å². The molecular weight excluding hydrogens is 490 g/mol. The second kappa shape index (κ2) is 29.8. The van der Waals surface area contributed by atoms with Crippen LogP contribution in [0.1, 0.15) is 156 Å². The van der Waals surface area contributed by atoms with Crippen LogP contribution in [0, 0.1) is 0 Å². The SMILES string of the molecule is CCCCCCCC(=O)OCCCCCCOCC(CN(CCCC)CCCC)OC(=O)CCCCCCC. The number of carbonyl (C=O) groups excluding carboxylic acids is 2. The number of rotatable bonds is 30. The molecule has 0 aromatic rings. The molecule has 0 radical (unpaired) electrons. The predicted molar refractivity (Wildman–Crippen MR) is 163 cm³/mol. The molecule has 0 fully saturated rings. The average molecular weight is 556 g/mol. The van der Waals surface area contributed by atoms with Crippen LogP contribution < -0.4 is 0 Å². The smallest absolute Gasteiger partial charge is 0.306 e.